The van der Waals surface area contributed by atoms with Gasteiger partial charge in [0, 0.05) is 11.4 Å². The molecule has 0 heterocycles. The van der Waals surface area contributed by atoms with E-state index < -0.39 is 0 Å². The molecule has 0 aliphatic rings. The van der Waals surface area contributed by atoms with Crippen LogP contribution < -0.4 is 21.3 Å². The number of hydrogen-bond acceptors (Lipinski definition) is 4. The van der Waals surface area contributed by atoms with Crippen molar-refractivity contribution in [3.8, 4) is 0 Å². The van der Waals surface area contributed by atoms with Gasteiger partial charge in [0.2, 0.25) is 0 Å². The number of carbonyl (C=O) groups excluding carboxylic acids is 2. The van der Waals surface area contributed by atoms with Crippen LogP contribution in [-0.4, -0.2) is 61.4 Å². The number of amides is 4. The number of nitrogens with zero attached hydrogens (tertiary/aromatic N) is 2. The molecule has 2 aromatic rings. The van der Waals surface area contributed by atoms with Crippen LogP contribution in [0.3, 0.4) is 0 Å². The van der Waals surface area contributed by atoms with E-state index >= 15 is 0 Å². The van der Waals surface area contributed by atoms with Gasteiger partial charge in [0.05, 0.1) is 13.3 Å². The van der Waals surface area contributed by atoms with E-state index in [-0.39, 0.29) is 12.1 Å². The summed E-state index contributed by atoms with van der Waals surface area (Å²) in [6.45, 7) is 13.8. The summed E-state index contributed by atoms with van der Waals surface area (Å²) in [5.41, 5.74) is 3.69. The summed E-state index contributed by atoms with van der Waals surface area (Å²) in [5.74, 6) is 0. The number of unbranched alkanes of at least 4 members (excludes halogenated alkanes) is 4. The van der Waals surface area contributed by atoms with Crippen molar-refractivity contribution < 1.29 is 9.59 Å². The standard InChI is InChI=1S/C33H54N6O2/c1-5-9-19-38(20-10-6-2)26-34-32(40)36-30-17-13-15-28(24-30)23-29-16-14-18-31(25-29)37-33(41)35-27-39(21-11-7-3)22-12-8-4/h13-18,24-25H,5-12,19-23,26-27H2,1-4H3,(H2,34,36,40)(H2,35,37,41). The van der Waals surface area contributed by atoms with E-state index in [1.165, 1.54) is 0 Å². The maximum atomic E-state index is 12.6. The molecule has 0 aromatic heterocycles. The third-order valence-corrected chi connectivity index (χ3v) is 7.02. The van der Waals surface area contributed by atoms with E-state index in [1.807, 2.05) is 48.5 Å². The van der Waals surface area contributed by atoms with Crippen molar-refractivity contribution in [1.29, 1.82) is 0 Å². The zero-order valence-electron chi connectivity index (χ0n) is 25.9. The fourth-order valence-corrected chi connectivity index (χ4v) is 4.54. The number of nitrogens with one attached hydrogen (secondary N) is 4. The van der Waals surface area contributed by atoms with E-state index in [2.05, 4.69) is 58.8 Å². The first kappa shape index (κ1) is 34.1. The SMILES string of the molecule is CCCCN(CCCC)CNC(=O)Nc1cccc(Cc2cccc(NC(=O)NCN(CCCC)CCCC)c2)c1. The molecule has 0 saturated carbocycles. The predicted octanol–water partition coefficient (Wildman–Crippen LogP) is 7.24. The minimum Gasteiger partial charge on any atom is -0.325 e. The molecule has 8 nitrogen and oxygen atoms in total. The first-order chi connectivity index (χ1) is 20.0. The Hall–Kier alpha value is -3.10. The van der Waals surface area contributed by atoms with E-state index in [0.717, 1.165) is 100 Å². The fraction of sp³-hybridized carbons (Fsp3) is 0.576. The smallest absolute Gasteiger partial charge is 0.320 e. The molecule has 0 saturated heterocycles. The molecule has 0 spiro atoms. The second-order valence-corrected chi connectivity index (χ2v) is 10.8. The molecule has 0 bridgehead atoms. The Labute approximate surface area is 248 Å². The minimum atomic E-state index is -0.194. The highest BCUT2D eigenvalue weighted by atomic mass is 16.2. The lowest BCUT2D eigenvalue weighted by atomic mass is 10.0. The highest BCUT2D eigenvalue weighted by Gasteiger charge is 2.09. The number of anilines is 2. The number of rotatable bonds is 20. The van der Waals surface area contributed by atoms with Gasteiger partial charge >= 0.3 is 12.1 Å². The van der Waals surface area contributed by atoms with Gasteiger partial charge in [-0.1, -0.05) is 77.6 Å². The molecule has 8 heteroatoms. The average molecular weight is 567 g/mol. The third-order valence-electron chi connectivity index (χ3n) is 7.02. The summed E-state index contributed by atoms with van der Waals surface area (Å²) >= 11 is 0. The lowest BCUT2D eigenvalue weighted by Crippen LogP contribution is -2.40. The number of hydrogen-bond donors (Lipinski definition) is 4. The van der Waals surface area contributed by atoms with Gasteiger partial charge in [0.15, 0.2) is 0 Å². The molecule has 0 atom stereocenters. The van der Waals surface area contributed by atoms with Crippen molar-refractivity contribution in [3.63, 3.8) is 0 Å². The van der Waals surface area contributed by atoms with Gasteiger partial charge in [-0.3, -0.25) is 9.80 Å². The zero-order chi connectivity index (χ0) is 29.7. The van der Waals surface area contributed by atoms with Gasteiger partial charge < -0.3 is 21.3 Å². The lowest BCUT2D eigenvalue weighted by Gasteiger charge is -2.22. The van der Waals surface area contributed by atoms with E-state index in [4.69, 9.17) is 0 Å². The normalized spacial score (nSPS) is 11.1. The molecule has 2 rings (SSSR count). The largest absolute Gasteiger partial charge is 0.325 e. The van der Waals surface area contributed by atoms with Crippen molar-refractivity contribution in [3.05, 3.63) is 59.7 Å². The molecule has 228 valence electrons. The summed E-state index contributed by atoms with van der Waals surface area (Å²) in [6.07, 6.45) is 9.80. The van der Waals surface area contributed by atoms with Crippen LogP contribution >= 0.6 is 0 Å². The number of benzene rings is 2. The molecule has 4 amide bonds. The van der Waals surface area contributed by atoms with Crippen LogP contribution in [0.2, 0.25) is 0 Å². The van der Waals surface area contributed by atoms with Gasteiger partial charge in [-0.05, 0) is 93.7 Å². The molecule has 0 aliphatic heterocycles. The van der Waals surface area contributed by atoms with Crippen molar-refractivity contribution in [2.75, 3.05) is 50.1 Å². The van der Waals surface area contributed by atoms with Crippen molar-refractivity contribution in [2.45, 2.75) is 85.5 Å². The molecule has 2 aromatic carbocycles. The Balaban J connectivity index is 1.88. The van der Waals surface area contributed by atoms with Crippen LogP contribution in [0.1, 0.15) is 90.2 Å². The zero-order valence-corrected chi connectivity index (χ0v) is 25.9. The Morgan fingerprint density at radius 1 is 0.585 bits per heavy atom. The predicted molar refractivity (Wildman–Crippen MR) is 173 cm³/mol. The van der Waals surface area contributed by atoms with Crippen LogP contribution in [0.4, 0.5) is 21.0 Å². The maximum Gasteiger partial charge on any atom is 0.320 e. The third kappa shape index (κ3) is 14.9. The Bertz CT molecular complexity index is 919. The Morgan fingerprint density at radius 3 is 1.29 bits per heavy atom. The molecule has 4 N–H and O–H groups in total. The van der Waals surface area contributed by atoms with Crippen LogP contribution in [0.5, 0.6) is 0 Å². The molecule has 0 fully saturated rings. The van der Waals surface area contributed by atoms with Crippen LogP contribution in [-0.2, 0) is 6.42 Å². The summed E-state index contributed by atoms with van der Waals surface area (Å²) in [6, 6.07) is 15.4. The van der Waals surface area contributed by atoms with E-state index in [9.17, 15) is 9.59 Å². The average Bonchev–Trinajstić information content (AvgIpc) is 2.96. The highest BCUT2D eigenvalue weighted by Crippen LogP contribution is 2.18. The molecule has 41 heavy (non-hydrogen) atoms. The quantitative estimate of drug-likeness (QED) is 0.127. The maximum absolute atomic E-state index is 12.6. The van der Waals surface area contributed by atoms with Crippen LogP contribution in [0, 0.1) is 0 Å². The molecule has 0 aliphatic carbocycles. The molecule has 0 unspecified atom stereocenters. The van der Waals surface area contributed by atoms with Gasteiger partial charge in [-0.25, -0.2) is 9.59 Å². The van der Waals surface area contributed by atoms with Crippen LogP contribution in [0.15, 0.2) is 48.5 Å². The minimum absolute atomic E-state index is 0.194. The highest BCUT2D eigenvalue weighted by molar-refractivity contribution is 5.89. The second kappa shape index (κ2) is 20.7. The summed E-state index contributed by atoms with van der Waals surface area (Å²) in [4.78, 5) is 29.8. The molecular weight excluding hydrogens is 512 g/mol. The van der Waals surface area contributed by atoms with E-state index in [0.29, 0.717) is 19.8 Å². The van der Waals surface area contributed by atoms with Gasteiger partial charge in [0.1, 0.15) is 0 Å². The first-order valence-electron chi connectivity index (χ1n) is 15.7. The fourth-order valence-electron chi connectivity index (χ4n) is 4.54. The monoisotopic (exact) mass is 566 g/mol. The summed E-state index contributed by atoms with van der Waals surface area (Å²) in [5, 5.41) is 12.0. The molecular formula is C33H54N6O2. The van der Waals surface area contributed by atoms with Crippen molar-refractivity contribution >= 4 is 23.4 Å². The Kier molecular flexibility index (Phi) is 17.2. The number of urea groups is 2. The summed E-state index contributed by atoms with van der Waals surface area (Å²) < 4.78 is 0. The Morgan fingerprint density at radius 2 is 0.951 bits per heavy atom. The van der Waals surface area contributed by atoms with Gasteiger partial charge in [-0.2, -0.15) is 0 Å². The van der Waals surface area contributed by atoms with Crippen molar-refractivity contribution in [2.24, 2.45) is 0 Å². The van der Waals surface area contributed by atoms with Crippen molar-refractivity contribution in [1.82, 2.24) is 20.4 Å². The second-order valence-electron chi connectivity index (χ2n) is 10.8. The van der Waals surface area contributed by atoms with Gasteiger partial charge in [-0.15, -0.1) is 0 Å². The summed E-state index contributed by atoms with van der Waals surface area (Å²) in [7, 11) is 0. The molecule has 0 radical (unpaired) electrons. The first-order valence-corrected chi connectivity index (χ1v) is 15.7. The van der Waals surface area contributed by atoms with E-state index in [1.54, 1.807) is 0 Å². The number of carbonyl (C=O) groups is 2. The topological polar surface area (TPSA) is 88.7 Å². The van der Waals surface area contributed by atoms with Crippen LogP contribution in [0.25, 0.3) is 0 Å². The van der Waals surface area contributed by atoms with Gasteiger partial charge in [0.25, 0.3) is 0 Å². The lowest BCUT2D eigenvalue weighted by molar-refractivity contribution is 0.225.